The number of pyridine rings is 1. The molecule has 5 heteroatoms. The van der Waals surface area contributed by atoms with E-state index in [1.807, 2.05) is 18.2 Å². The summed E-state index contributed by atoms with van der Waals surface area (Å²) in [6, 6.07) is 5.07. The van der Waals surface area contributed by atoms with Gasteiger partial charge < -0.3 is 10.8 Å². The van der Waals surface area contributed by atoms with Crippen molar-refractivity contribution in [2.24, 2.45) is 5.73 Å². The van der Waals surface area contributed by atoms with E-state index in [0.717, 1.165) is 11.1 Å². The van der Waals surface area contributed by atoms with E-state index in [2.05, 4.69) is 5.10 Å². The van der Waals surface area contributed by atoms with Crippen molar-refractivity contribution in [2.45, 2.75) is 12.5 Å². The molecule has 2 aromatic heterocycles. The summed E-state index contributed by atoms with van der Waals surface area (Å²) in [6.45, 7) is 0. The van der Waals surface area contributed by atoms with Crippen LogP contribution in [0.1, 0.15) is 18.0 Å². The van der Waals surface area contributed by atoms with Crippen LogP contribution in [0.4, 0.5) is 0 Å². The van der Waals surface area contributed by atoms with Crippen LogP contribution in [0.5, 0.6) is 0 Å². The maximum atomic E-state index is 10.5. The van der Waals surface area contributed by atoms with Crippen molar-refractivity contribution in [2.75, 3.05) is 0 Å². The zero-order valence-electron chi connectivity index (χ0n) is 8.00. The first kappa shape index (κ1) is 9.67. The first-order chi connectivity index (χ1) is 7.16. The lowest BCUT2D eigenvalue weighted by atomic mass is 10.1. The highest BCUT2D eigenvalue weighted by Crippen LogP contribution is 2.14. The van der Waals surface area contributed by atoms with E-state index in [0.29, 0.717) is 0 Å². The van der Waals surface area contributed by atoms with E-state index in [4.69, 9.17) is 10.8 Å². The van der Waals surface area contributed by atoms with Gasteiger partial charge in [0.1, 0.15) is 0 Å². The average Bonchev–Trinajstić information content (AvgIpc) is 2.62. The zero-order chi connectivity index (χ0) is 10.8. The van der Waals surface area contributed by atoms with Gasteiger partial charge in [0.2, 0.25) is 0 Å². The summed E-state index contributed by atoms with van der Waals surface area (Å²) in [7, 11) is 0. The van der Waals surface area contributed by atoms with Gasteiger partial charge in [-0.05, 0) is 17.7 Å². The molecule has 2 heterocycles. The van der Waals surface area contributed by atoms with Gasteiger partial charge in [-0.3, -0.25) is 4.79 Å². The smallest absolute Gasteiger partial charge is 0.305 e. The van der Waals surface area contributed by atoms with Crippen molar-refractivity contribution in [3.8, 4) is 0 Å². The lowest BCUT2D eigenvalue weighted by Crippen LogP contribution is -2.15. The fourth-order valence-electron chi connectivity index (χ4n) is 1.46. The van der Waals surface area contributed by atoms with Crippen LogP contribution in [0.15, 0.2) is 30.6 Å². The van der Waals surface area contributed by atoms with Crippen LogP contribution in [0.3, 0.4) is 0 Å². The Bertz CT molecular complexity index is 492. The molecule has 3 N–H and O–H groups in total. The number of fused-ring (bicyclic) bond motifs is 1. The van der Waals surface area contributed by atoms with Gasteiger partial charge in [-0.2, -0.15) is 5.10 Å². The normalized spacial score (nSPS) is 12.9. The number of aliphatic carboxylic acids is 1. The topological polar surface area (TPSA) is 80.6 Å². The molecule has 0 spiro atoms. The van der Waals surface area contributed by atoms with E-state index < -0.39 is 12.0 Å². The zero-order valence-corrected chi connectivity index (χ0v) is 8.00. The van der Waals surface area contributed by atoms with Crippen molar-refractivity contribution in [1.29, 1.82) is 0 Å². The van der Waals surface area contributed by atoms with Gasteiger partial charge in [0.15, 0.2) is 0 Å². The number of hydrogen-bond donors (Lipinski definition) is 2. The van der Waals surface area contributed by atoms with Gasteiger partial charge in [0, 0.05) is 18.4 Å². The third-order valence-corrected chi connectivity index (χ3v) is 2.24. The summed E-state index contributed by atoms with van der Waals surface area (Å²) in [4.78, 5) is 10.5. The molecule has 15 heavy (non-hydrogen) atoms. The van der Waals surface area contributed by atoms with Gasteiger partial charge in [-0.1, -0.05) is 6.07 Å². The number of rotatable bonds is 3. The number of carboxylic acid groups (broad SMARTS) is 1. The maximum absolute atomic E-state index is 10.5. The first-order valence-corrected chi connectivity index (χ1v) is 4.57. The summed E-state index contributed by atoms with van der Waals surface area (Å²) in [6.07, 6.45) is 3.36. The van der Waals surface area contributed by atoms with E-state index in [-0.39, 0.29) is 6.42 Å². The maximum Gasteiger partial charge on any atom is 0.305 e. The number of carbonyl (C=O) groups is 1. The van der Waals surface area contributed by atoms with Gasteiger partial charge in [0.25, 0.3) is 0 Å². The molecule has 0 amide bonds. The number of nitrogens with zero attached hydrogens (tertiary/aromatic N) is 2. The van der Waals surface area contributed by atoms with Crippen LogP contribution in [0.25, 0.3) is 5.52 Å². The van der Waals surface area contributed by atoms with E-state index in [9.17, 15) is 4.79 Å². The minimum absolute atomic E-state index is 0.0766. The Morgan fingerprint density at radius 3 is 3.07 bits per heavy atom. The number of aromatic nitrogens is 2. The molecule has 0 aliphatic heterocycles. The third kappa shape index (κ3) is 1.97. The SMILES string of the molecule is NC(CC(=O)O)c1ccc2ccnn2c1. The largest absolute Gasteiger partial charge is 0.481 e. The van der Waals surface area contributed by atoms with Crippen LogP contribution in [0.2, 0.25) is 0 Å². The number of nitrogens with two attached hydrogens (primary N) is 1. The fourth-order valence-corrected chi connectivity index (χ4v) is 1.46. The number of carboxylic acids is 1. The molecule has 0 saturated heterocycles. The molecule has 1 unspecified atom stereocenters. The average molecular weight is 205 g/mol. The minimum Gasteiger partial charge on any atom is -0.481 e. The molecule has 0 aliphatic rings. The Morgan fingerprint density at radius 1 is 1.53 bits per heavy atom. The van der Waals surface area contributed by atoms with Crippen molar-refractivity contribution in [3.05, 3.63) is 36.2 Å². The summed E-state index contributed by atoms with van der Waals surface area (Å²) < 4.78 is 1.68. The third-order valence-electron chi connectivity index (χ3n) is 2.24. The van der Waals surface area contributed by atoms with E-state index in [1.54, 1.807) is 16.9 Å². The highest BCUT2D eigenvalue weighted by Gasteiger charge is 2.10. The van der Waals surface area contributed by atoms with Crippen molar-refractivity contribution < 1.29 is 9.90 Å². The Labute approximate surface area is 86.1 Å². The highest BCUT2D eigenvalue weighted by atomic mass is 16.4. The van der Waals surface area contributed by atoms with Gasteiger partial charge in [0.05, 0.1) is 11.9 Å². The highest BCUT2D eigenvalue weighted by molar-refractivity contribution is 5.67. The quantitative estimate of drug-likeness (QED) is 0.776. The van der Waals surface area contributed by atoms with Crippen molar-refractivity contribution in [1.82, 2.24) is 9.61 Å². The standard InChI is InChI=1S/C10H11N3O2/c11-9(5-10(14)15)7-1-2-8-3-4-12-13(8)6-7/h1-4,6,9H,5,11H2,(H,14,15). The molecular weight excluding hydrogens is 194 g/mol. The van der Waals surface area contributed by atoms with E-state index in [1.165, 1.54) is 0 Å². The van der Waals surface area contributed by atoms with Gasteiger partial charge >= 0.3 is 5.97 Å². The van der Waals surface area contributed by atoms with Crippen molar-refractivity contribution >= 4 is 11.5 Å². The Balaban J connectivity index is 2.30. The molecule has 0 bridgehead atoms. The summed E-state index contributed by atoms with van der Waals surface area (Å²) in [5.74, 6) is -0.900. The molecule has 1 atom stereocenters. The first-order valence-electron chi connectivity index (χ1n) is 4.57. The van der Waals surface area contributed by atoms with Crippen LogP contribution in [-0.2, 0) is 4.79 Å². The Kier molecular flexibility index (Phi) is 2.39. The second-order valence-corrected chi connectivity index (χ2v) is 3.37. The molecule has 2 rings (SSSR count). The van der Waals surface area contributed by atoms with Crippen LogP contribution in [0, 0.1) is 0 Å². The molecule has 0 fully saturated rings. The van der Waals surface area contributed by atoms with Crippen LogP contribution < -0.4 is 5.73 Å². The summed E-state index contributed by atoms with van der Waals surface area (Å²) in [5.41, 5.74) is 7.47. The second kappa shape index (κ2) is 3.70. The molecule has 5 nitrogen and oxygen atoms in total. The Hall–Kier alpha value is -1.88. The lowest BCUT2D eigenvalue weighted by molar-refractivity contribution is -0.137. The summed E-state index contributed by atoms with van der Waals surface area (Å²) in [5, 5.41) is 12.7. The lowest BCUT2D eigenvalue weighted by Gasteiger charge is -2.09. The fraction of sp³-hybridized carbons (Fsp3) is 0.200. The molecule has 0 radical (unpaired) electrons. The van der Waals surface area contributed by atoms with E-state index >= 15 is 0 Å². The van der Waals surface area contributed by atoms with Gasteiger partial charge in [-0.15, -0.1) is 0 Å². The Morgan fingerprint density at radius 2 is 2.33 bits per heavy atom. The van der Waals surface area contributed by atoms with Crippen LogP contribution >= 0.6 is 0 Å². The molecule has 0 aliphatic carbocycles. The molecular formula is C10H11N3O2. The number of hydrogen-bond acceptors (Lipinski definition) is 3. The molecule has 2 aromatic rings. The summed E-state index contributed by atoms with van der Waals surface area (Å²) >= 11 is 0. The molecule has 0 saturated carbocycles. The van der Waals surface area contributed by atoms with Crippen molar-refractivity contribution in [3.63, 3.8) is 0 Å². The second-order valence-electron chi connectivity index (χ2n) is 3.37. The molecule has 78 valence electrons. The molecule has 0 aromatic carbocycles. The van der Waals surface area contributed by atoms with Gasteiger partial charge in [-0.25, -0.2) is 4.52 Å². The monoisotopic (exact) mass is 205 g/mol. The minimum atomic E-state index is -0.900. The van der Waals surface area contributed by atoms with Crippen LogP contribution in [-0.4, -0.2) is 20.7 Å². The predicted molar refractivity (Wildman–Crippen MR) is 54.4 cm³/mol. The predicted octanol–water partition coefficient (Wildman–Crippen LogP) is 0.809.